The van der Waals surface area contributed by atoms with Crippen molar-refractivity contribution in [3.63, 3.8) is 0 Å². The third-order valence-electron chi connectivity index (χ3n) is 5.23. The van der Waals surface area contributed by atoms with Gasteiger partial charge in [-0.25, -0.2) is 4.39 Å². The van der Waals surface area contributed by atoms with Gasteiger partial charge in [0.15, 0.2) is 0 Å². The molecule has 1 aromatic carbocycles. The number of alkyl halides is 1. The van der Waals surface area contributed by atoms with Crippen LogP contribution in [-0.2, 0) is 6.54 Å². The minimum absolute atomic E-state index is 0.00829. The smallest absolute Gasteiger partial charge is 0.133 e. The quantitative estimate of drug-likeness (QED) is 0.912. The van der Waals surface area contributed by atoms with E-state index in [0.29, 0.717) is 0 Å². The van der Waals surface area contributed by atoms with Gasteiger partial charge in [-0.15, -0.1) is 0 Å². The molecule has 0 amide bonds. The standard InChI is InChI=1S/C17H25FN2/c1-16-9-10-17(2,19-16)15(18)14(11-16)20(3)12-13-7-5-4-6-8-13/h4-8,14-15,19H,9-12H2,1-3H3/t14-,15-,16-,17+/m0/s1. The lowest BCUT2D eigenvalue weighted by atomic mass is 9.82. The molecule has 4 atom stereocenters. The molecule has 0 unspecified atom stereocenters. The lowest BCUT2D eigenvalue weighted by molar-refractivity contribution is 0.0139. The molecule has 20 heavy (non-hydrogen) atoms. The fraction of sp³-hybridized carbons (Fsp3) is 0.647. The molecule has 1 aromatic rings. The number of halogens is 1. The summed E-state index contributed by atoms with van der Waals surface area (Å²) in [6, 6.07) is 10.4. The summed E-state index contributed by atoms with van der Waals surface area (Å²) < 4.78 is 14.9. The molecule has 2 fully saturated rings. The van der Waals surface area contributed by atoms with Gasteiger partial charge in [0, 0.05) is 23.7 Å². The zero-order valence-corrected chi connectivity index (χ0v) is 12.7. The number of nitrogens with zero attached hydrogens (tertiary/aromatic N) is 1. The van der Waals surface area contributed by atoms with Gasteiger partial charge in [0.2, 0.25) is 0 Å². The summed E-state index contributed by atoms with van der Waals surface area (Å²) in [7, 11) is 2.06. The first kappa shape index (κ1) is 14.0. The van der Waals surface area contributed by atoms with Crippen molar-refractivity contribution in [3.8, 4) is 0 Å². The summed E-state index contributed by atoms with van der Waals surface area (Å²) in [5.41, 5.74) is 1.01. The second kappa shape index (κ2) is 4.81. The Morgan fingerprint density at radius 2 is 1.95 bits per heavy atom. The molecule has 0 radical (unpaired) electrons. The van der Waals surface area contributed by atoms with E-state index in [1.165, 1.54) is 5.56 Å². The molecule has 2 nitrogen and oxygen atoms in total. The highest BCUT2D eigenvalue weighted by molar-refractivity contribution is 5.17. The Kier molecular flexibility index (Phi) is 3.38. The van der Waals surface area contributed by atoms with Crippen LogP contribution in [0.4, 0.5) is 4.39 Å². The Bertz CT molecular complexity index is 477. The molecule has 2 saturated heterocycles. The number of benzene rings is 1. The van der Waals surface area contributed by atoms with Gasteiger partial charge < -0.3 is 5.32 Å². The first-order valence-electron chi connectivity index (χ1n) is 7.60. The van der Waals surface area contributed by atoms with Gasteiger partial charge in [-0.2, -0.15) is 0 Å². The molecule has 3 heteroatoms. The van der Waals surface area contributed by atoms with Crippen LogP contribution in [0.2, 0.25) is 0 Å². The summed E-state index contributed by atoms with van der Waals surface area (Å²) in [5.74, 6) is 0. The van der Waals surface area contributed by atoms with Crippen LogP contribution in [0, 0.1) is 0 Å². The van der Waals surface area contributed by atoms with Crippen molar-refractivity contribution in [3.05, 3.63) is 35.9 Å². The molecule has 0 saturated carbocycles. The first-order chi connectivity index (χ1) is 9.42. The maximum atomic E-state index is 14.9. The van der Waals surface area contributed by atoms with E-state index in [1.54, 1.807) is 0 Å². The monoisotopic (exact) mass is 276 g/mol. The fourth-order valence-corrected chi connectivity index (χ4v) is 4.07. The van der Waals surface area contributed by atoms with E-state index in [4.69, 9.17) is 0 Å². The molecule has 2 heterocycles. The lowest BCUT2D eigenvalue weighted by Crippen LogP contribution is -2.65. The summed E-state index contributed by atoms with van der Waals surface area (Å²) in [5, 5.41) is 3.54. The molecule has 0 aliphatic carbocycles. The van der Waals surface area contributed by atoms with Gasteiger partial charge in [-0.1, -0.05) is 30.3 Å². The molecular formula is C17H25FN2. The van der Waals surface area contributed by atoms with E-state index in [9.17, 15) is 4.39 Å². The van der Waals surface area contributed by atoms with Crippen LogP contribution in [-0.4, -0.2) is 35.2 Å². The van der Waals surface area contributed by atoms with Crippen molar-refractivity contribution in [1.29, 1.82) is 0 Å². The van der Waals surface area contributed by atoms with Crippen LogP contribution in [0.3, 0.4) is 0 Å². The molecule has 2 aliphatic rings. The Hall–Kier alpha value is -0.930. The predicted octanol–water partition coefficient (Wildman–Crippen LogP) is 3.13. The summed E-state index contributed by atoms with van der Waals surface area (Å²) in [4.78, 5) is 2.20. The van der Waals surface area contributed by atoms with Crippen molar-refractivity contribution < 1.29 is 4.39 Å². The van der Waals surface area contributed by atoms with E-state index >= 15 is 0 Å². The van der Waals surface area contributed by atoms with Crippen LogP contribution in [0.15, 0.2) is 30.3 Å². The van der Waals surface area contributed by atoms with Crippen LogP contribution in [0.5, 0.6) is 0 Å². The molecule has 1 N–H and O–H groups in total. The zero-order valence-electron chi connectivity index (χ0n) is 12.7. The maximum Gasteiger partial charge on any atom is 0.133 e. The Labute approximate surface area is 121 Å². The van der Waals surface area contributed by atoms with Gasteiger partial charge >= 0.3 is 0 Å². The van der Waals surface area contributed by atoms with Crippen molar-refractivity contribution in [1.82, 2.24) is 10.2 Å². The predicted molar refractivity (Wildman–Crippen MR) is 80.4 cm³/mol. The summed E-state index contributed by atoms with van der Waals surface area (Å²) in [6.45, 7) is 5.11. The Morgan fingerprint density at radius 3 is 2.65 bits per heavy atom. The normalized spacial score (nSPS) is 40.2. The van der Waals surface area contributed by atoms with E-state index < -0.39 is 6.17 Å². The fourth-order valence-electron chi connectivity index (χ4n) is 4.07. The van der Waals surface area contributed by atoms with Gasteiger partial charge in [-0.3, -0.25) is 4.90 Å². The third kappa shape index (κ3) is 2.38. The second-order valence-corrected chi connectivity index (χ2v) is 7.18. The van der Waals surface area contributed by atoms with Crippen molar-refractivity contribution >= 4 is 0 Å². The summed E-state index contributed by atoms with van der Waals surface area (Å²) >= 11 is 0. The molecular weight excluding hydrogens is 251 g/mol. The van der Waals surface area contributed by atoms with E-state index in [1.807, 2.05) is 25.1 Å². The molecule has 0 spiro atoms. The highest BCUT2D eigenvalue weighted by atomic mass is 19.1. The average molecular weight is 276 g/mol. The molecule has 2 aliphatic heterocycles. The minimum atomic E-state index is -0.799. The zero-order chi connectivity index (χ0) is 14.4. The van der Waals surface area contributed by atoms with Crippen LogP contribution >= 0.6 is 0 Å². The minimum Gasteiger partial charge on any atom is -0.303 e. The van der Waals surface area contributed by atoms with Crippen LogP contribution in [0.1, 0.15) is 38.7 Å². The number of hydrogen-bond donors (Lipinski definition) is 1. The highest BCUT2D eigenvalue weighted by Crippen LogP contribution is 2.44. The number of rotatable bonds is 3. The number of hydrogen-bond acceptors (Lipinski definition) is 2. The Balaban J connectivity index is 1.76. The van der Waals surface area contributed by atoms with Gasteiger partial charge in [0.05, 0.1) is 0 Å². The van der Waals surface area contributed by atoms with Crippen LogP contribution < -0.4 is 5.32 Å². The maximum absolute atomic E-state index is 14.9. The number of fused-ring (bicyclic) bond motifs is 2. The Morgan fingerprint density at radius 1 is 1.25 bits per heavy atom. The van der Waals surface area contributed by atoms with Crippen molar-refractivity contribution in [2.45, 2.75) is 62.9 Å². The molecule has 0 aromatic heterocycles. The third-order valence-corrected chi connectivity index (χ3v) is 5.23. The number of nitrogens with one attached hydrogen (secondary N) is 1. The number of piperidine rings is 1. The van der Waals surface area contributed by atoms with Gasteiger partial charge in [-0.05, 0) is 45.7 Å². The molecule has 110 valence electrons. The molecule has 2 bridgehead atoms. The van der Waals surface area contributed by atoms with E-state index in [2.05, 4.69) is 36.3 Å². The van der Waals surface area contributed by atoms with Gasteiger partial charge in [0.25, 0.3) is 0 Å². The van der Waals surface area contributed by atoms with E-state index in [0.717, 1.165) is 25.8 Å². The summed E-state index contributed by atoms with van der Waals surface area (Å²) in [6.07, 6.45) is 2.12. The van der Waals surface area contributed by atoms with Gasteiger partial charge in [0.1, 0.15) is 6.17 Å². The molecule has 3 rings (SSSR count). The van der Waals surface area contributed by atoms with Crippen LogP contribution in [0.25, 0.3) is 0 Å². The first-order valence-corrected chi connectivity index (χ1v) is 7.60. The largest absolute Gasteiger partial charge is 0.303 e. The lowest BCUT2D eigenvalue weighted by Gasteiger charge is -2.47. The van der Waals surface area contributed by atoms with Crippen molar-refractivity contribution in [2.75, 3.05) is 7.05 Å². The van der Waals surface area contributed by atoms with E-state index in [-0.39, 0.29) is 17.1 Å². The second-order valence-electron chi connectivity index (χ2n) is 7.18. The topological polar surface area (TPSA) is 15.3 Å². The SMILES string of the molecule is CN(Cc1ccccc1)[C@H]1C[C@]2(C)CC[C@@](C)(N2)[C@H]1F. The highest BCUT2D eigenvalue weighted by Gasteiger charge is 2.55. The van der Waals surface area contributed by atoms with Crippen molar-refractivity contribution in [2.24, 2.45) is 0 Å². The average Bonchev–Trinajstić information content (AvgIpc) is 2.69.